The Labute approximate surface area is 122 Å². The lowest BCUT2D eigenvalue weighted by atomic mass is 9.83. The van der Waals surface area contributed by atoms with Gasteiger partial charge in [0.15, 0.2) is 0 Å². The third-order valence-electron chi connectivity index (χ3n) is 3.58. The number of halogens is 3. The molecule has 0 heterocycles. The van der Waals surface area contributed by atoms with Crippen LogP contribution in [0.5, 0.6) is 0 Å². The molecule has 0 aromatic heterocycles. The number of aryl methyl sites for hydroxylation is 1. The number of hydrogen-bond acceptors (Lipinski definition) is 1. The van der Waals surface area contributed by atoms with Crippen LogP contribution in [0, 0.1) is 6.92 Å². The molecule has 0 saturated heterocycles. The smallest absolute Gasteiger partial charge is 0.321 e. The largest absolute Gasteiger partial charge is 0.416 e. The second-order valence-corrected chi connectivity index (χ2v) is 5.61. The van der Waals surface area contributed by atoms with Crippen LogP contribution in [0.3, 0.4) is 0 Å². The van der Waals surface area contributed by atoms with Crippen LogP contribution in [0.25, 0.3) is 0 Å². The molecule has 1 nitrogen and oxygen atoms in total. The highest BCUT2D eigenvalue weighted by atomic mass is 19.4. The van der Waals surface area contributed by atoms with Crippen LogP contribution in [0.15, 0.2) is 48.5 Å². The molecule has 1 unspecified atom stereocenters. The maximum absolute atomic E-state index is 12.7. The van der Waals surface area contributed by atoms with E-state index in [9.17, 15) is 13.2 Å². The first-order chi connectivity index (χ1) is 9.70. The normalized spacial score (nSPS) is 14.8. The summed E-state index contributed by atoms with van der Waals surface area (Å²) in [5, 5.41) is 0. The Morgan fingerprint density at radius 1 is 1.00 bits per heavy atom. The summed E-state index contributed by atoms with van der Waals surface area (Å²) in [6.07, 6.45) is -3.76. The van der Waals surface area contributed by atoms with E-state index in [1.165, 1.54) is 6.07 Å². The maximum Gasteiger partial charge on any atom is 0.416 e. The van der Waals surface area contributed by atoms with E-state index in [2.05, 4.69) is 0 Å². The summed E-state index contributed by atoms with van der Waals surface area (Å²) in [5.74, 6) is 0. The molecule has 2 aromatic carbocycles. The fraction of sp³-hybridized carbons (Fsp3) is 0.294. The van der Waals surface area contributed by atoms with Crippen LogP contribution >= 0.6 is 0 Å². The zero-order chi connectivity index (χ0) is 15.7. The molecule has 2 aromatic rings. The lowest BCUT2D eigenvalue weighted by Gasteiger charge is -2.28. The monoisotopic (exact) mass is 293 g/mol. The minimum Gasteiger partial charge on any atom is -0.321 e. The Morgan fingerprint density at radius 2 is 1.62 bits per heavy atom. The molecule has 0 spiro atoms. The van der Waals surface area contributed by atoms with E-state index in [0.717, 1.165) is 23.3 Å². The molecule has 4 heteroatoms. The molecule has 2 rings (SSSR count). The van der Waals surface area contributed by atoms with Crippen LogP contribution in [0.1, 0.15) is 29.2 Å². The molecule has 0 bridgehead atoms. The van der Waals surface area contributed by atoms with Crippen molar-refractivity contribution in [2.24, 2.45) is 5.73 Å². The second-order valence-electron chi connectivity index (χ2n) is 5.61. The van der Waals surface area contributed by atoms with E-state index in [-0.39, 0.29) is 0 Å². The van der Waals surface area contributed by atoms with E-state index in [1.807, 2.05) is 37.3 Å². The van der Waals surface area contributed by atoms with Crippen molar-refractivity contribution in [3.05, 3.63) is 70.8 Å². The number of rotatable bonds is 3. The van der Waals surface area contributed by atoms with Gasteiger partial charge in [0.25, 0.3) is 0 Å². The van der Waals surface area contributed by atoms with Gasteiger partial charge in [-0.15, -0.1) is 0 Å². The molecule has 0 aliphatic carbocycles. The van der Waals surface area contributed by atoms with Crippen molar-refractivity contribution in [2.45, 2.75) is 32.0 Å². The molecule has 0 saturated carbocycles. The number of alkyl halides is 3. The molecule has 21 heavy (non-hydrogen) atoms. The van der Waals surface area contributed by atoms with Crippen LogP contribution < -0.4 is 5.73 Å². The van der Waals surface area contributed by atoms with Crippen molar-refractivity contribution in [1.82, 2.24) is 0 Å². The molecular formula is C17H18F3N. The van der Waals surface area contributed by atoms with E-state index < -0.39 is 17.3 Å². The quantitative estimate of drug-likeness (QED) is 0.890. The zero-order valence-corrected chi connectivity index (χ0v) is 12.0. The van der Waals surface area contributed by atoms with Crippen LogP contribution in [-0.2, 0) is 18.1 Å². The Hall–Kier alpha value is -1.81. The minimum atomic E-state index is -4.33. The van der Waals surface area contributed by atoms with E-state index in [4.69, 9.17) is 5.73 Å². The highest BCUT2D eigenvalue weighted by Crippen LogP contribution is 2.33. The summed E-state index contributed by atoms with van der Waals surface area (Å²) < 4.78 is 38.1. The van der Waals surface area contributed by atoms with Gasteiger partial charge < -0.3 is 5.73 Å². The number of hydrogen-bond donors (Lipinski definition) is 1. The summed E-state index contributed by atoms with van der Waals surface area (Å²) in [4.78, 5) is 0. The third-order valence-corrected chi connectivity index (χ3v) is 3.58. The Balaban J connectivity index is 2.32. The first-order valence-electron chi connectivity index (χ1n) is 6.71. The SMILES string of the molecule is Cc1cc(C(F)(F)F)ccc1C(C)(N)Cc1ccccc1. The topological polar surface area (TPSA) is 26.0 Å². The summed E-state index contributed by atoms with van der Waals surface area (Å²) in [5.41, 5.74) is 7.35. The molecule has 0 aliphatic rings. The van der Waals surface area contributed by atoms with Gasteiger partial charge in [0.1, 0.15) is 0 Å². The van der Waals surface area contributed by atoms with Crippen molar-refractivity contribution in [1.29, 1.82) is 0 Å². The van der Waals surface area contributed by atoms with Crippen molar-refractivity contribution in [2.75, 3.05) is 0 Å². The minimum absolute atomic E-state index is 0.561. The van der Waals surface area contributed by atoms with Gasteiger partial charge in [-0.05, 0) is 49.1 Å². The van der Waals surface area contributed by atoms with Crippen LogP contribution in [0.4, 0.5) is 13.2 Å². The molecule has 1 atom stereocenters. The lowest BCUT2D eigenvalue weighted by Crippen LogP contribution is -2.36. The molecule has 112 valence electrons. The summed E-state index contributed by atoms with van der Waals surface area (Å²) in [6, 6.07) is 13.4. The predicted molar refractivity (Wildman–Crippen MR) is 77.9 cm³/mol. The van der Waals surface area contributed by atoms with Gasteiger partial charge in [0.2, 0.25) is 0 Å². The van der Waals surface area contributed by atoms with Gasteiger partial charge >= 0.3 is 6.18 Å². The highest BCUT2D eigenvalue weighted by Gasteiger charge is 2.32. The van der Waals surface area contributed by atoms with Gasteiger partial charge in [-0.3, -0.25) is 0 Å². The lowest BCUT2D eigenvalue weighted by molar-refractivity contribution is -0.137. The van der Waals surface area contributed by atoms with E-state index in [0.29, 0.717) is 12.0 Å². The van der Waals surface area contributed by atoms with Gasteiger partial charge in [-0.25, -0.2) is 0 Å². The van der Waals surface area contributed by atoms with Gasteiger partial charge in [-0.1, -0.05) is 36.4 Å². The molecule has 0 radical (unpaired) electrons. The van der Waals surface area contributed by atoms with Crippen molar-refractivity contribution in [3.63, 3.8) is 0 Å². The third kappa shape index (κ3) is 3.64. The van der Waals surface area contributed by atoms with E-state index in [1.54, 1.807) is 6.92 Å². The molecule has 0 fully saturated rings. The zero-order valence-electron chi connectivity index (χ0n) is 12.0. The van der Waals surface area contributed by atoms with Crippen LogP contribution in [0.2, 0.25) is 0 Å². The fourth-order valence-electron chi connectivity index (χ4n) is 2.60. The average Bonchev–Trinajstić information content (AvgIpc) is 2.37. The summed E-state index contributed by atoms with van der Waals surface area (Å²) in [6.45, 7) is 3.51. The average molecular weight is 293 g/mol. The highest BCUT2D eigenvalue weighted by molar-refractivity contribution is 5.38. The molecular weight excluding hydrogens is 275 g/mol. The van der Waals surface area contributed by atoms with Crippen molar-refractivity contribution < 1.29 is 13.2 Å². The molecule has 0 amide bonds. The standard InChI is InChI=1S/C17H18F3N/c1-12-10-14(17(18,19)20)8-9-15(12)16(2,21)11-13-6-4-3-5-7-13/h3-10H,11,21H2,1-2H3. The number of nitrogens with two attached hydrogens (primary N) is 1. The van der Waals surface area contributed by atoms with Gasteiger partial charge in [0.05, 0.1) is 5.56 Å². The fourth-order valence-corrected chi connectivity index (χ4v) is 2.60. The summed E-state index contributed by atoms with van der Waals surface area (Å²) in [7, 11) is 0. The van der Waals surface area contributed by atoms with Crippen molar-refractivity contribution >= 4 is 0 Å². The van der Waals surface area contributed by atoms with Crippen molar-refractivity contribution in [3.8, 4) is 0 Å². The molecule has 0 aliphatic heterocycles. The van der Waals surface area contributed by atoms with Crippen LogP contribution in [-0.4, -0.2) is 0 Å². The first-order valence-corrected chi connectivity index (χ1v) is 6.71. The van der Waals surface area contributed by atoms with E-state index >= 15 is 0 Å². The Morgan fingerprint density at radius 3 is 2.14 bits per heavy atom. The predicted octanol–water partition coefficient (Wildman–Crippen LogP) is 4.43. The second kappa shape index (κ2) is 5.53. The van der Waals surface area contributed by atoms with Gasteiger partial charge in [0, 0.05) is 5.54 Å². The Bertz CT molecular complexity index is 616. The van der Waals surface area contributed by atoms with Gasteiger partial charge in [-0.2, -0.15) is 13.2 Å². The Kier molecular flexibility index (Phi) is 4.10. The first kappa shape index (κ1) is 15.6. The summed E-state index contributed by atoms with van der Waals surface area (Å²) >= 11 is 0. The molecule has 2 N–H and O–H groups in total. The maximum atomic E-state index is 12.7. The number of benzene rings is 2.